The van der Waals surface area contributed by atoms with Gasteiger partial charge in [-0.3, -0.25) is 0 Å². The molecule has 1 aromatic carbocycles. The molecule has 0 saturated heterocycles. The van der Waals surface area contributed by atoms with E-state index in [9.17, 15) is 0 Å². The maximum absolute atomic E-state index is 5.58. The van der Waals surface area contributed by atoms with Gasteiger partial charge in [0, 0.05) is 4.90 Å². The summed E-state index contributed by atoms with van der Waals surface area (Å²) >= 11 is 3.23. The summed E-state index contributed by atoms with van der Waals surface area (Å²) in [5, 5.41) is 6.00. The van der Waals surface area contributed by atoms with Gasteiger partial charge in [-0.25, -0.2) is 0 Å². The number of nitrogens with zero attached hydrogens (tertiary/aromatic N) is 2. The second kappa shape index (κ2) is 6.02. The Hall–Kier alpha value is -1.99. The fraction of sp³-hybridized carbons (Fsp3) is 0.200. The summed E-state index contributed by atoms with van der Waals surface area (Å²) in [5.41, 5.74) is 0. The molecule has 0 bridgehead atoms. The standard InChI is InChI=1S/C15H12N2O3S2/c1-2-13(21-7-1)15-16-14(20-17-15)9-22-10-3-4-11-12(8-10)19-6-5-18-11/h1-4,7-8H,5-6,9H2. The number of thiophene rings is 1. The van der Waals surface area contributed by atoms with Crippen LogP contribution in [0.3, 0.4) is 0 Å². The first-order chi connectivity index (χ1) is 10.9. The minimum Gasteiger partial charge on any atom is -0.486 e. The lowest BCUT2D eigenvalue weighted by atomic mass is 10.3. The van der Waals surface area contributed by atoms with Crippen molar-refractivity contribution in [2.75, 3.05) is 13.2 Å². The number of benzene rings is 1. The van der Waals surface area contributed by atoms with Gasteiger partial charge >= 0.3 is 0 Å². The Kier molecular flexibility index (Phi) is 3.74. The Morgan fingerprint density at radius 3 is 2.91 bits per heavy atom. The Bertz CT molecular complexity index is 771. The normalized spacial score (nSPS) is 13.3. The van der Waals surface area contributed by atoms with E-state index in [4.69, 9.17) is 14.0 Å². The molecule has 7 heteroatoms. The van der Waals surface area contributed by atoms with Crippen molar-refractivity contribution in [3.63, 3.8) is 0 Å². The van der Waals surface area contributed by atoms with Gasteiger partial charge in [0.2, 0.25) is 11.7 Å². The molecule has 0 radical (unpaired) electrons. The van der Waals surface area contributed by atoms with Crippen molar-refractivity contribution < 1.29 is 14.0 Å². The number of hydrogen-bond acceptors (Lipinski definition) is 7. The summed E-state index contributed by atoms with van der Waals surface area (Å²) in [7, 11) is 0. The molecule has 0 unspecified atom stereocenters. The lowest BCUT2D eigenvalue weighted by Crippen LogP contribution is -2.15. The fourth-order valence-corrected chi connectivity index (χ4v) is 3.49. The van der Waals surface area contributed by atoms with E-state index in [1.807, 2.05) is 35.7 Å². The third-order valence-corrected chi connectivity index (χ3v) is 4.93. The molecule has 0 fully saturated rings. The van der Waals surface area contributed by atoms with Crippen LogP contribution in [-0.2, 0) is 5.75 Å². The Labute approximate surface area is 135 Å². The zero-order valence-corrected chi connectivity index (χ0v) is 13.2. The van der Waals surface area contributed by atoms with Crippen molar-refractivity contribution in [3.8, 4) is 22.2 Å². The summed E-state index contributed by atoms with van der Waals surface area (Å²) in [4.78, 5) is 6.51. The molecule has 0 saturated carbocycles. The van der Waals surface area contributed by atoms with Gasteiger partial charge in [-0.15, -0.1) is 23.1 Å². The third kappa shape index (κ3) is 2.82. The molecule has 4 rings (SSSR count). The van der Waals surface area contributed by atoms with Crippen LogP contribution in [0.4, 0.5) is 0 Å². The van der Waals surface area contributed by atoms with Gasteiger partial charge in [-0.2, -0.15) is 4.98 Å². The largest absolute Gasteiger partial charge is 0.486 e. The van der Waals surface area contributed by atoms with Crippen molar-refractivity contribution in [3.05, 3.63) is 41.6 Å². The highest BCUT2D eigenvalue weighted by molar-refractivity contribution is 7.98. The summed E-state index contributed by atoms with van der Waals surface area (Å²) in [6, 6.07) is 9.87. The quantitative estimate of drug-likeness (QED) is 0.676. The zero-order chi connectivity index (χ0) is 14.8. The van der Waals surface area contributed by atoms with Crippen molar-refractivity contribution in [2.45, 2.75) is 10.6 Å². The van der Waals surface area contributed by atoms with Gasteiger partial charge < -0.3 is 14.0 Å². The second-order valence-electron chi connectivity index (χ2n) is 4.58. The highest BCUT2D eigenvalue weighted by atomic mass is 32.2. The molecule has 22 heavy (non-hydrogen) atoms. The first-order valence-electron chi connectivity index (χ1n) is 6.77. The minimum absolute atomic E-state index is 0.592. The van der Waals surface area contributed by atoms with Crippen LogP contribution < -0.4 is 9.47 Å². The van der Waals surface area contributed by atoms with E-state index in [2.05, 4.69) is 10.1 Å². The second-order valence-corrected chi connectivity index (χ2v) is 6.58. The predicted octanol–water partition coefficient (Wildman–Crippen LogP) is 3.86. The minimum atomic E-state index is 0.592. The molecule has 3 heterocycles. The summed E-state index contributed by atoms with van der Waals surface area (Å²) in [6.07, 6.45) is 0. The van der Waals surface area contributed by atoms with Gasteiger partial charge in [0.15, 0.2) is 11.5 Å². The van der Waals surface area contributed by atoms with Gasteiger partial charge in [-0.1, -0.05) is 11.2 Å². The van der Waals surface area contributed by atoms with E-state index in [1.54, 1.807) is 23.1 Å². The smallest absolute Gasteiger partial charge is 0.237 e. The highest BCUT2D eigenvalue weighted by Crippen LogP contribution is 2.35. The molecule has 0 N–H and O–H groups in total. The van der Waals surface area contributed by atoms with E-state index in [0.29, 0.717) is 30.7 Å². The molecule has 0 aliphatic carbocycles. The lowest BCUT2D eigenvalue weighted by Gasteiger charge is -2.18. The first kappa shape index (κ1) is 13.7. The SMILES string of the molecule is c1csc(-c2noc(CSc3ccc4c(c3)OCCO4)n2)c1. The van der Waals surface area contributed by atoms with Gasteiger partial charge in [-0.05, 0) is 29.6 Å². The van der Waals surface area contributed by atoms with Crippen LogP contribution in [0.15, 0.2) is 45.1 Å². The van der Waals surface area contributed by atoms with E-state index >= 15 is 0 Å². The van der Waals surface area contributed by atoms with E-state index in [0.717, 1.165) is 21.3 Å². The van der Waals surface area contributed by atoms with Crippen LogP contribution in [0.25, 0.3) is 10.7 Å². The average molecular weight is 332 g/mol. The molecule has 0 spiro atoms. The monoisotopic (exact) mass is 332 g/mol. The third-order valence-electron chi connectivity index (χ3n) is 3.09. The van der Waals surface area contributed by atoms with Crippen LogP contribution in [-0.4, -0.2) is 23.4 Å². The molecular weight excluding hydrogens is 320 g/mol. The van der Waals surface area contributed by atoms with Crippen LogP contribution in [0.1, 0.15) is 5.89 Å². The molecule has 1 aliphatic rings. The fourth-order valence-electron chi connectivity index (χ4n) is 2.08. The maximum atomic E-state index is 5.58. The Morgan fingerprint density at radius 1 is 1.14 bits per heavy atom. The molecule has 3 aromatic rings. The van der Waals surface area contributed by atoms with Crippen LogP contribution in [0.5, 0.6) is 11.5 Å². The van der Waals surface area contributed by atoms with Gasteiger partial charge in [0.25, 0.3) is 0 Å². The number of hydrogen-bond donors (Lipinski definition) is 0. The molecule has 2 aromatic heterocycles. The lowest BCUT2D eigenvalue weighted by molar-refractivity contribution is 0.171. The zero-order valence-electron chi connectivity index (χ0n) is 11.5. The highest BCUT2D eigenvalue weighted by Gasteiger charge is 2.13. The first-order valence-corrected chi connectivity index (χ1v) is 8.64. The maximum Gasteiger partial charge on any atom is 0.237 e. The van der Waals surface area contributed by atoms with Gasteiger partial charge in [0.05, 0.1) is 10.6 Å². The molecule has 0 amide bonds. The summed E-state index contributed by atoms with van der Waals surface area (Å²) in [6.45, 7) is 1.20. The van der Waals surface area contributed by atoms with Crippen molar-refractivity contribution in [1.29, 1.82) is 0 Å². The number of fused-ring (bicyclic) bond motifs is 1. The average Bonchev–Trinajstić information content (AvgIpc) is 3.24. The molecular formula is C15H12N2O3S2. The van der Waals surface area contributed by atoms with E-state index < -0.39 is 0 Å². The number of thioether (sulfide) groups is 1. The van der Waals surface area contributed by atoms with Gasteiger partial charge in [0.1, 0.15) is 13.2 Å². The topological polar surface area (TPSA) is 57.4 Å². The Morgan fingerprint density at radius 2 is 2.05 bits per heavy atom. The van der Waals surface area contributed by atoms with Crippen LogP contribution in [0, 0.1) is 0 Å². The molecule has 0 atom stereocenters. The summed E-state index contributed by atoms with van der Waals surface area (Å²) < 4.78 is 16.4. The molecule has 5 nitrogen and oxygen atoms in total. The van der Waals surface area contributed by atoms with Crippen molar-refractivity contribution in [1.82, 2.24) is 10.1 Å². The van der Waals surface area contributed by atoms with Crippen LogP contribution in [0.2, 0.25) is 0 Å². The van der Waals surface area contributed by atoms with Crippen molar-refractivity contribution in [2.24, 2.45) is 0 Å². The predicted molar refractivity (Wildman–Crippen MR) is 84.6 cm³/mol. The van der Waals surface area contributed by atoms with E-state index in [-0.39, 0.29) is 0 Å². The molecule has 112 valence electrons. The summed E-state index contributed by atoms with van der Waals surface area (Å²) in [5.74, 6) is 3.48. The molecule has 1 aliphatic heterocycles. The Balaban J connectivity index is 1.44. The number of aromatic nitrogens is 2. The number of ether oxygens (including phenoxy) is 2. The van der Waals surface area contributed by atoms with Crippen molar-refractivity contribution >= 4 is 23.1 Å². The van der Waals surface area contributed by atoms with E-state index in [1.165, 1.54) is 0 Å². The van der Waals surface area contributed by atoms with Crippen LogP contribution >= 0.6 is 23.1 Å². The number of rotatable bonds is 4.